The van der Waals surface area contributed by atoms with Gasteiger partial charge < -0.3 is 10.6 Å². The van der Waals surface area contributed by atoms with E-state index in [0.29, 0.717) is 24.7 Å². The van der Waals surface area contributed by atoms with E-state index in [-0.39, 0.29) is 25.2 Å². The molecule has 7 nitrogen and oxygen atoms in total. The molecular formula is C14H25ClN4O3S. The zero-order valence-corrected chi connectivity index (χ0v) is 15.3. The Morgan fingerprint density at radius 3 is 2.57 bits per heavy atom. The highest BCUT2D eigenvalue weighted by molar-refractivity contribution is 7.92. The van der Waals surface area contributed by atoms with E-state index in [1.165, 1.54) is 0 Å². The topological polar surface area (TPSA) is 93.1 Å². The number of piperidine rings is 1. The molecule has 132 valence electrons. The van der Waals surface area contributed by atoms with Crippen LogP contribution in [0.2, 0.25) is 0 Å². The van der Waals surface area contributed by atoms with Crippen molar-refractivity contribution in [3.63, 3.8) is 0 Å². The first kappa shape index (κ1) is 19.9. The van der Waals surface area contributed by atoms with Crippen molar-refractivity contribution >= 4 is 33.8 Å². The van der Waals surface area contributed by atoms with E-state index >= 15 is 0 Å². The summed E-state index contributed by atoms with van der Waals surface area (Å²) in [6, 6.07) is 0. The predicted molar refractivity (Wildman–Crippen MR) is 92.6 cm³/mol. The molecule has 0 radical (unpaired) electrons. The maximum atomic E-state index is 12.6. The number of amides is 1. The minimum Gasteiger partial charge on any atom is -0.322 e. The number of nitrogens with zero attached hydrogens (tertiary/aromatic N) is 2. The summed E-state index contributed by atoms with van der Waals surface area (Å²) in [6.45, 7) is 5.94. The first-order valence-corrected chi connectivity index (χ1v) is 9.38. The molecular weight excluding hydrogens is 340 g/mol. The molecule has 2 N–H and O–H groups in total. The fourth-order valence-electron chi connectivity index (χ4n) is 2.74. The van der Waals surface area contributed by atoms with Gasteiger partial charge in [-0.3, -0.25) is 9.48 Å². The molecule has 1 saturated heterocycles. The number of carbonyl (C=O) groups is 1. The molecule has 0 atom stereocenters. The smallest absolute Gasteiger partial charge is 0.246 e. The second-order valence-corrected chi connectivity index (χ2v) is 8.64. The minimum atomic E-state index is -3.50. The Bertz CT molecular complexity index is 636. The van der Waals surface area contributed by atoms with Crippen molar-refractivity contribution in [3.8, 4) is 0 Å². The molecule has 1 aliphatic heterocycles. The van der Waals surface area contributed by atoms with Crippen molar-refractivity contribution in [2.24, 2.45) is 5.92 Å². The molecule has 9 heteroatoms. The molecule has 1 aromatic rings. The van der Waals surface area contributed by atoms with Gasteiger partial charge in [-0.25, -0.2) is 8.42 Å². The molecule has 1 fully saturated rings. The van der Waals surface area contributed by atoms with E-state index in [1.54, 1.807) is 17.1 Å². The van der Waals surface area contributed by atoms with Crippen molar-refractivity contribution in [1.29, 1.82) is 0 Å². The molecule has 0 aliphatic carbocycles. The summed E-state index contributed by atoms with van der Waals surface area (Å²) in [5.41, 5.74) is 0.534. The summed E-state index contributed by atoms with van der Waals surface area (Å²) >= 11 is 0. The van der Waals surface area contributed by atoms with E-state index in [9.17, 15) is 13.2 Å². The van der Waals surface area contributed by atoms with Crippen molar-refractivity contribution in [3.05, 3.63) is 12.4 Å². The van der Waals surface area contributed by atoms with Gasteiger partial charge in [-0.05, 0) is 31.8 Å². The maximum absolute atomic E-state index is 12.6. The Morgan fingerprint density at radius 2 is 2.04 bits per heavy atom. The van der Waals surface area contributed by atoms with E-state index in [2.05, 4.69) is 29.6 Å². The van der Waals surface area contributed by atoms with Crippen LogP contribution in [0.5, 0.6) is 0 Å². The highest BCUT2D eigenvalue weighted by Gasteiger charge is 2.48. The summed E-state index contributed by atoms with van der Waals surface area (Å²) in [5.74, 6) is -0.0178. The van der Waals surface area contributed by atoms with Gasteiger partial charge in [0.2, 0.25) is 5.91 Å². The standard InChI is InChI=1S/C14H24N4O3S.ClH/c1-11(2)9-18-10-12(8-16-18)17-13(19)14(22(3,20)21)4-6-15-7-5-14;/h8,10-11,15H,4-7,9H2,1-3H3,(H,17,19);1H. The lowest BCUT2D eigenvalue weighted by Gasteiger charge is -2.34. The zero-order valence-electron chi connectivity index (χ0n) is 13.7. The van der Waals surface area contributed by atoms with Gasteiger partial charge in [0.15, 0.2) is 14.6 Å². The van der Waals surface area contributed by atoms with Gasteiger partial charge >= 0.3 is 0 Å². The van der Waals surface area contributed by atoms with E-state index in [4.69, 9.17) is 0 Å². The lowest BCUT2D eigenvalue weighted by molar-refractivity contribution is -0.119. The Hall–Kier alpha value is -1.12. The Balaban J connectivity index is 0.00000264. The molecule has 2 rings (SSSR count). The van der Waals surface area contributed by atoms with Crippen LogP contribution < -0.4 is 10.6 Å². The maximum Gasteiger partial charge on any atom is 0.246 e. The number of hydrogen-bond donors (Lipinski definition) is 2. The van der Waals surface area contributed by atoms with Crippen LogP contribution in [0, 0.1) is 5.92 Å². The molecule has 0 spiro atoms. The average Bonchev–Trinajstić information content (AvgIpc) is 2.84. The van der Waals surface area contributed by atoms with Crippen molar-refractivity contribution < 1.29 is 13.2 Å². The number of hydrogen-bond acceptors (Lipinski definition) is 5. The van der Waals surface area contributed by atoms with Crippen LogP contribution in [0.1, 0.15) is 26.7 Å². The molecule has 0 unspecified atom stereocenters. The van der Waals surface area contributed by atoms with E-state index in [0.717, 1.165) is 12.8 Å². The van der Waals surface area contributed by atoms with Crippen LogP contribution in [0.15, 0.2) is 12.4 Å². The van der Waals surface area contributed by atoms with Crippen molar-refractivity contribution in [2.75, 3.05) is 24.7 Å². The second-order valence-electron chi connectivity index (χ2n) is 6.32. The van der Waals surface area contributed by atoms with Crippen LogP contribution in [0.4, 0.5) is 5.69 Å². The number of rotatable bonds is 5. The van der Waals surface area contributed by atoms with Gasteiger partial charge in [-0.1, -0.05) is 13.8 Å². The highest BCUT2D eigenvalue weighted by atomic mass is 35.5. The molecule has 0 saturated carbocycles. The molecule has 1 amide bonds. The number of aromatic nitrogens is 2. The minimum absolute atomic E-state index is 0. The second kappa shape index (κ2) is 7.63. The van der Waals surface area contributed by atoms with Crippen molar-refractivity contribution in [1.82, 2.24) is 15.1 Å². The van der Waals surface area contributed by atoms with Crippen LogP contribution in [0.25, 0.3) is 0 Å². The van der Waals surface area contributed by atoms with Gasteiger partial charge in [0.05, 0.1) is 11.9 Å². The number of anilines is 1. The molecule has 23 heavy (non-hydrogen) atoms. The van der Waals surface area contributed by atoms with E-state index < -0.39 is 20.5 Å². The van der Waals surface area contributed by atoms with Gasteiger partial charge in [-0.15, -0.1) is 12.4 Å². The quantitative estimate of drug-likeness (QED) is 0.815. The fourth-order valence-corrected chi connectivity index (χ4v) is 4.08. The fraction of sp³-hybridized carbons (Fsp3) is 0.714. The normalized spacial score (nSPS) is 17.6. The van der Waals surface area contributed by atoms with Crippen LogP contribution in [-0.4, -0.2) is 48.2 Å². The predicted octanol–water partition coefficient (Wildman–Crippen LogP) is 1.07. The Kier molecular flexibility index (Phi) is 6.61. The third kappa shape index (κ3) is 4.45. The molecule has 0 aromatic carbocycles. The van der Waals surface area contributed by atoms with Gasteiger partial charge in [-0.2, -0.15) is 5.10 Å². The highest BCUT2D eigenvalue weighted by Crippen LogP contribution is 2.29. The Labute approximate surface area is 143 Å². The number of halogens is 1. The molecule has 0 bridgehead atoms. The Morgan fingerprint density at radius 1 is 1.43 bits per heavy atom. The molecule has 1 aromatic heterocycles. The molecule has 1 aliphatic rings. The first-order chi connectivity index (χ1) is 10.2. The summed E-state index contributed by atoms with van der Waals surface area (Å²) in [5, 5.41) is 10.00. The SMILES string of the molecule is CC(C)Cn1cc(NC(=O)C2(S(C)(=O)=O)CCNCC2)cn1.Cl. The van der Waals surface area contributed by atoms with Crippen LogP contribution >= 0.6 is 12.4 Å². The number of carbonyl (C=O) groups excluding carboxylic acids is 1. The third-order valence-electron chi connectivity index (χ3n) is 3.98. The van der Waals surface area contributed by atoms with E-state index in [1.807, 2.05) is 0 Å². The molecule has 2 heterocycles. The third-order valence-corrected chi connectivity index (χ3v) is 5.99. The van der Waals surface area contributed by atoms with Gasteiger partial charge in [0.1, 0.15) is 0 Å². The van der Waals surface area contributed by atoms with Gasteiger partial charge in [0.25, 0.3) is 0 Å². The van der Waals surface area contributed by atoms with Crippen LogP contribution in [-0.2, 0) is 21.2 Å². The average molecular weight is 365 g/mol. The lowest BCUT2D eigenvalue weighted by atomic mass is 9.96. The number of sulfone groups is 1. The number of nitrogens with one attached hydrogen (secondary N) is 2. The summed E-state index contributed by atoms with van der Waals surface area (Å²) in [6.07, 6.45) is 5.00. The monoisotopic (exact) mass is 364 g/mol. The van der Waals surface area contributed by atoms with Crippen LogP contribution in [0.3, 0.4) is 0 Å². The summed E-state index contributed by atoms with van der Waals surface area (Å²) < 4.78 is 24.8. The largest absolute Gasteiger partial charge is 0.322 e. The summed E-state index contributed by atoms with van der Waals surface area (Å²) in [4.78, 5) is 12.6. The zero-order chi connectivity index (χ0) is 16.4. The van der Waals surface area contributed by atoms with Crippen molar-refractivity contribution in [2.45, 2.75) is 38.0 Å². The first-order valence-electron chi connectivity index (χ1n) is 7.49. The van der Waals surface area contributed by atoms with Gasteiger partial charge in [0, 0.05) is 19.0 Å². The summed E-state index contributed by atoms with van der Waals surface area (Å²) in [7, 11) is -3.50. The lowest BCUT2D eigenvalue weighted by Crippen LogP contribution is -2.55.